The Kier molecular flexibility index (Phi) is 4.13. The number of aromatic nitrogens is 1. The smallest absolute Gasteiger partial charge is 0.270 e. The van der Waals surface area contributed by atoms with Gasteiger partial charge in [-0.3, -0.25) is 9.78 Å². The van der Waals surface area contributed by atoms with Gasteiger partial charge in [0.1, 0.15) is 11.4 Å². The minimum atomic E-state index is -0.177. The van der Waals surface area contributed by atoms with Crippen LogP contribution < -0.4 is 10.1 Å². The highest BCUT2D eigenvalue weighted by molar-refractivity contribution is 5.92. The third kappa shape index (κ3) is 3.31. The van der Waals surface area contributed by atoms with Crippen LogP contribution in [0.15, 0.2) is 48.7 Å². The summed E-state index contributed by atoms with van der Waals surface area (Å²) in [5.74, 6) is 0.621. The molecule has 0 saturated heterocycles. The Morgan fingerprint density at radius 2 is 1.95 bits per heavy atom. The summed E-state index contributed by atoms with van der Waals surface area (Å²) in [4.78, 5) is 16.0. The maximum Gasteiger partial charge on any atom is 0.270 e. The highest BCUT2D eigenvalue weighted by Gasteiger charge is 2.11. The molecule has 2 aromatic rings. The number of hydrogen-bond donors (Lipinski definition) is 1. The van der Waals surface area contributed by atoms with E-state index in [0.717, 1.165) is 11.3 Å². The zero-order valence-electron chi connectivity index (χ0n) is 11.0. The van der Waals surface area contributed by atoms with Crippen LogP contribution in [0.4, 0.5) is 0 Å². The predicted molar refractivity (Wildman–Crippen MR) is 73.1 cm³/mol. The molecule has 2 rings (SSSR count). The van der Waals surface area contributed by atoms with E-state index in [2.05, 4.69) is 10.3 Å². The number of amides is 1. The van der Waals surface area contributed by atoms with Crippen molar-refractivity contribution in [3.8, 4) is 5.75 Å². The first-order valence-electron chi connectivity index (χ1n) is 6.06. The quantitative estimate of drug-likeness (QED) is 0.914. The SMILES string of the molecule is COc1ccc(C(C)NC(=O)c2ccccn2)cc1. The van der Waals surface area contributed by atoms with Gasteiger partial charge in [-0.05, 0) is 36.8 Å². The summed E-state index contributed by atoms with van der Waals surface area (Å²) < 4.78 is 5.10. The number of nitrogens with one attached hydrogen (secondary N) is 1. The number of pyridine rings is 1. The fourth-order valence-electron chi connectivity index (χ4n) is 1.74. The van der Waals surface area contributed by atoms with Gasteiger partial charge in [-0.25, -0.2) is 0 Å². The van der Waals surface area contributed by atoms with E-state index in [0.29, 0.717) is 5.69 Å². The molecular weight excluding hydrogens is 240 g/mol. The number of benzene rings is 1. The molecule has 1 atom stereocenters. The van der Waals surface area contributed by atoms with Gasteiger partial charge in [0.05, 0.1) is 13.2 Å². The summed E-state index contributed by atoms with van der Waals surface area (Å²) in [6.07, 6.45) is 1.60. The van der Waals surface area contributed by atoms with Crippen molar-refractivity contribution in [2.45, 2.75) is 13.0 Å². The Hall–Kier alpha value is -2.36. The minimum Gasteiger partial charge on any atom is -0.497 e. The number of carbonyl (C=O) groups excluding carboxylic acids is 1. The molecule has 19 heavy (non-hydrogen) atoms. The van der Waals surface area contributed by atoms with E-state index in [1.807, 2.05) is 31.2 Å². The molecule has 0 aliphatic carbocycles. The van der Waals surface area contributed by atoms with Gasteiger partial charge in [0.15, 0.2) is 0 Å². The van der Waals surface area contributed by atoms with Crippen molar-refractivity contribution in [2.75, 3.05) is 7.11 Å². The van der Waals surface area contributed by atoms with Gasteiger partial charge >= 0.3 is 0 Å². The van der Waals surface area contributed by atoms with E-state index in [-0.39, 0.29) is 11.9 Å². The van der Waals surface area contributed by atoms with Crippen LogP contribution >= 0.6 is 0 Å². The van der Waals surface area contributed by atoms with Crippen LogP contribution in [-0.2, 0) is 0 Å². The number of ether oxygens (including phenoxy) is 1. The molecule has 1 amide bonds. The number of hydrogen-bond acceptors (Lipinski definition) is 3. The van der Waals surface area contributed by atoms with E-state index < -0.39 is 0 Å². The first kappa shape index (κ1) is 13.1. The van der Waals surface area contributed by atoms with E-state index in [4.69, 9.17) is 4.74 Å². The fourth-order valence-corrected chi connectivity index (χ4v) is 1.74. The molecule has 1 aromatic heterocycles. The Morgan fingerprint density at radius 3 is 2.53 bits per heavy atom. The second kappa shape index (κ2) is 6.00. The Balaban J connectivity index is 2.04. The first-order chi connectivity index (χ1) is 9.20. The minimum absolute atomic E-state index is 0.0830. The number of nitrogens with zero attached hydrogens (tertiary/aromatic N) is 1. The van der Waals surface area contributed by atoms with E-state index >= 15 is 0 Å². The Morgan fingerprint density at radius 1 is 1.21 bits per heavy atom. The molecule has 0 radical (unpaired) electrons. The number of carbonyl (C=O) groups is 1. The van der Waals surface area contributed by atoms with E-state index in [9.17, 15) is 4.79 Å². The molecule has 0 spiro atoms. The molecular formula is C15H16N2O2. The van der Waals surface area contributed by atoms with Crippen molar-refractivity contribution in [3.05, 3.63) is 59.9 Å². The third-order valence-electron chi connectivity index (χ3n) is 2.86. The predicted octanol–water partition coefficient (Wildman–Crippen LogP) is 2.58. The van der Waals surface area contributed by atoms with Gasteiger partial charge in [-0.1, -0.05) is 18.2 Å². The van der Waals surface area contributed by atoms with Gasteiger partial charge in [0.2, 0.25) is 0 Å². The van der Waals surface area contributed by atoms with E-state index in [1.54, 1.807) is 31.5 Å². The van der Waals surface area contributed by atoms with Crippen LogP contribution in [0.25, 0.3) is 0 Å². The molecule has 0 bridgehead atoms. The maximum atomic E-state index is 12.0. The van der Waals surface area contributed by atoms with Crippen molar-refractivity contribution in [1.29, 1.82) is 0 Å². The van der Waals surface area contributed by atoms with Crippen LogP contribution in [0.1, 0.15) is 29.0 Å². The lowest BCUT2D eigenvalue weighted by atomic mass is 10.1. The summed E-state index contributed by atoms with van der Waals surface area (Å²) in [6, 6.07) is 12.8. The van der Waals surface area contributed by atoms with Gasteiger partial charge in [0.25, 0.3) is 5.91 Å². The molecule has 1 heterocycles. The number of rotatable bonds is 4. The number of methoxy groups -OCH3 is 1. The first-order valence-corrected chi connectivity index (χ1v) is 6.06. The van der Waals surface area contributed by atoms with Crippen molar-refractivity contribution in [1.82, 2.24) is 10.3 Å². The molecule has 4 heteroatoms. The Labute approximate surface area is 112 Å². The summed E-state index contributed by atoms with van der Waals surface area (Å²) in [6.45, 7) is 1.93. The molecule has 0 aliphatic heterocycles. The summed E-state index contributed by atoms with van der Waals surface area (Å²) >= 11 is 0. The lowest BCUT2D eigenvalue weighted by molar-refractivity contribution is 0.0935. The molecule has 0 fully saturated rings. The van der Waals surface area contributed by atoms with Crippen LogP contribution in [0.2, 0.25) is 0 Å². The van der Waals surface area contributed by atoms with Crippen LogP contribution in [0.5, 0.6) is 5.75 Å². The van der Waals surface area contributed by atoms with Gasteiger partial charge in [-0.15, -0.1) is 0 Å². The van der Waals surface area contributed by atoms with Crippen molar-refractivity contribution < 1.29 is 9.53 Å². The highest BCUT2D eigenvalue weighted by Crippen LogP contribution is 2.17. The largest absolute Gasteiger partial charge is 0.497 e. The lowest BCUT2D eigenvalue weighted by Gasteiger charge is -2.14. The monoisotopic (exact) mass is 256 g/mol. The molecule has 1 N–H and O–H groups in total. The van der Waals surface area contributed by atoms with Crippen molar-refractivity contribution in [3.63, 3.8) is 0 Å². The third-order valence-corrected chi connectivity index (χ3v) is 2.86. The topological polar surface area (TPSA) is 51.2 Å². The van der Waals surface area contributed by atoms with E-state index in [1.165, 1.54) is 0 Å². The molecule has 0 saturated carbocycles. The summed E-state index contributed by atoms with van der Waals surface area (Å²) in [5.41, 5.74) is 1.44. The van der Waals surface area contributed by atoms with Crippen molar-refractivity contribution in [2.24, 2.45) is 0 Å². The zero-order valence-corrected chi connectivity index (χ0v) is 11.0. The summed E-state index contributed by atoms with van der Waals surface area (Å²) in [7, 11) is 1.63. The molecule has 4 nitrogen and oxygen atoms in total. The van der Waals surface area contributed by atoms with Crippen LogP contribution in [0, 0.1) is 0 Å². The van der Waals surface area contributed by atoms with Gasteiger partial charge in [0, 0.05) is 6.20 Å². The average Bonchev–Trinajstić information content (AvgIpc) is 2.48. The molecule has 98 valence electrons. The second-order valence-corrected chi connectivity index (χ2v) is 4.18. The van der Waals surface area contributed by atoms with Crippen LogP contribution in [-0.4, -0.2) is 18.0 Å². The fraction of sp³-hybridized carbons (Fsp3) is 0.200. The molecule has 1 aromatic carbocycles. The molecule has 0 aliphatic rings. The van der Waals surface area contributed by atoms with Gasteiger partial charge < -0.3 is 10.1 Å². The van der Waals surface area contributed by atoms with Gasteiger partial charge in [-0.2, -0.15) is 0 Å². The standard InChI is InChI=1S/C15H16N2O2/c1-11(12-6-8-13(19-2)9-7-12)17-15(18)14-5-3-4-10-16-14/h3-11H,1-2H3,(H,17,18). The zero-order chi connectivity index (χ0) is 13.7. The highest BCUT2D eigenvalue weighted by atomic mass is 16.5. The molecule has 1 unspecified atom stereocenters. The van der Waals surface area contributed by atoms with Crippen LogP contribution in [0.3, 0.4) is 0 Å². The van der Waals surface area contributed by atoms with Crippen molar-refractivity contribution >= 4 is 5.91 Å². The Bertz CT molecular complexity index is 538. The average molecular weight is 256 g/mol. The maximum absolute atomic E-state index is 12.0. The summed E-state index contributed by atoms with van der Waals surface area (Å²) in [5, 5.41) is 2.91. The second-order valence-electron chi connectivity index (χ2n) is 4.18. The lowest BCUT2D eigenvalue weighted by Crippen LogP contribution is -2.27. The normalized spacial score (nSPS) is 11.7.